The number of aliphatic hydroxyl groups excluding tert-OH is 1. The zero-order valence-electron chi connectivity index (χ0n) is 11.9. The summed E-state index contributed by atoms with van der Waals surface area (Å²) in [4.78, 5) is 1.86. The summed E-state index contributed by atoms with van der Waals surface area (Å²) in [5.74, 6) is 0. The minimum Gasteiger partial charge on any atom is -0.389 e. The van der Waals surface area contributed by atoms with Crippen molar-refractivity contribution >= 4 is 11.4 Å². The molecule has 0 spiro atoms. The number of benzene rings is 2. The average molecular weight is 277 g/mol. The van der Waals surface area contributed by atoms with E-state index in [0.717, 1.165) is 16.9 Å². The number of hydrogen-bond acceptors (Lipinski definition) is 4. The maximum Gasteiger partial charge on any atom is 0.0992 e. The fourth-order valence-corrected chi connectivity index (χ4v) is 2.18. The fourth-order valence-electron chi connectivity index (χ4n) is 2.18. The van der Waals surface area contributed by atoms with Crippen LogP contribution in [0.5, 0.6) is 0 Å². The van der Waals surface area contributed by atoms with E-state index in [-0.39, 0.29) is 0 Å². The van der Waals surface area contributed by atoms with Gasteiger partial charge in [-0.2, -0.15) is 10.5 Å². The van der Waals surface area contributed by atoms with Crippen LogP contribution in [0.4, 0.5) is 11.4 Å². The van der Waals surface area contributed by atoms with Crippen LogP contribution in [0.25, 0.3) is 0 Å². The Morgan fingerprint density at radius 2 is 1.71 bits per heavy atom. The summed E-state index contributed by atoms with van der Waals surface area (Å²) in [7, 11) is 1.85. The molecule has 1 atom stereocenters. The van der Waals surface area contributed by atoms with Crippen molar-refractivity contribution in [1.29, 1.82) is 10.5 Å². The first-order valence-corrected chi connectivity index (χ1v) is 6.53. The second kappa shape index (κ2) is 6.09. The van der Waals surface area contributed by atoms with Crippen LogP contribution in [0, 0.1) is 22.7 Å². The zero-order valence-corrected chi connectivity index (χ0v) is 11.9. The highest BCUT2D eigenvalue weighted by Crippen LogP contribution is 2.32. The molecule has 0 fully saturated rings. The molecule has 0 saturated carbocycles. The average Bonchev–Trinajstić information content (AvgIpc) is 2.53. The van der Waals surface area contributed by atoms with Gasteiger partial charge < -0.3 is 10.0 Å². The molecule has 0 bridgehead atoms. The zero-order chi connectivity index (χ0) is 15.4. The smallest absolute Gasteiger partial charge is 0.0992 e. The van der Waals surface area contributed by atoms with Gasteiger partial charge in [-0.25, -0.2) is 0 Å². The van der Waals surface area contributed by atoms with Crippen LogP contribution >= 0.6 is 0 Å². The fraction of sp³-hybridized carbons (Fsp3) is 0.176. The molecule has 2 aromatic rings. The number of anilines is 2. The summed E-state index contributed by atoms with van der Waals surface area (Å²) in [6, 6.07) is 16.6. The normalized spacial score (nSPS) is 11.3. The molecule has 2 rings (SSSR count). The van der Waals surface area contributed by atoms with Gasteiger partial charge in [0.2, 0.25) is 0 Å². The largest absolute Gasteiger partial charge is 0.389 e. The first kappa shape index (κ1) is 14.6. The SMILES string of the molecule is C[C@@H](O)c1ccc(C#N)cc1N(C)c1cccc(C#N)c1. The molecule has 0 aliphatic rings. The van der Waals surface area contributed by atoms with Gasteiger partial charge >= 0.3 is 0 Å². The third-order valence-corrected chi connectivity index (χ3v) is 3.33. The third kappa shape index (κ3) is 3.02. The summed E-state index contributed by atoms with van der Waals surface area (Å²) >= 11 is 0. The molecular formula is C17H15N3O. The Hall–Kier alpha value is -2.82. The van der Waals surface area contributed by atoms with Crippen molar-refractivity contribution in [2.45, 2.75) is 13.0 Å². The van der Waals surface area contributed by atoms with E-state index >= 15 is 0 Å². The van der Waals surface area contributed by atoms with Gasteiger partial charge in [0.25, 0.3) is 0 Å². The quantitative estimate of drug-likeness (QED) is 0.934. The van der Waals surface area contributed by atoms with E-state index in [1.807, 2.05) is 18.0 Å². The molecule has 0 amide bonds. The van der Waals surface area contributed by atoms with E-state index < -0.39 is 6.10 Å². The first-order valence-electron chi connectivity index (χ1n) is 6.53. The molecule has 104 valence electrons. The molecule has 4 heteroatoms. The van der Waals surface area contributed by atoms with Crippen LogP contribution in [0.3, 0.4) is 0 Å². The first-order chi connectivity index (χ1) is 10.1. The highest BCUT2D eigenvalue weighted by molar-refractivity contribution is 5.68. The van der Waals surface area contributed by atoms with E-state index in [1.165, 1.54) is 0 Å². The second-order valence-corrected chi connectivity index (χ2v) is 4.78. The third-order valence-electron chi connectivity index (χ3n) is 3.33. The lowest BCUT2D eigenvalue weighted by atomic mass is 10.0. The molecule has 0 heterocycles. The van der Waals surface area contributed by atoms with Gasteiger partial charge in [0.1, 0.15) is 0 Å². The number of hydrogen-bond donors (Lipinski definition) is 1. The lowest BCUT2D eigenvalue weighted by Gasteiger charge is -2.24. The van der Waals surface area contributed by atoms with Gasteiger partial charge in [-0.3, -0.25) is 0 Å². The van der Waals surface area contributed by atoms with Gasteiger partial charge in [-0.15, -0.1) is 0 Å². The lowest BCUT2D eigenvalue weighted by Crippen LogP contribution is -2.13. The van der Waals surface area contributed by atoms with Crippen molar-refractivity contribution < 1.29 is 5.11 Å². The number of nitriles is 2. The van der Waals surface area contributed by atoms with E-state index in [0.29, 0.717) is 11.1 Å². The summed E-state index contributed by atoms with van der Waals surface area (Å²) in [6.45, 7) is 1.68. The van der Waals surface area contributed by atoms with Crippen LogP contribution < -0.4 is 4.90 Å². The lowest BCUT2D eigenvalue weighted by molar-refractivity contribution is 0.200. The minimum atomic E-state index is -0.644. The minimum absolute atomic E-state index is 0.526. The highest BCUT2D eigenvalue weighted by Gasteiger charge is 2.14. The Morgan fingerprint density at radius 1 is 1.05 bits per heavy atom. The molecule has 2 aromatic carbocycles. The predicted molar refractivity (Wildman–Crippen MR) is 81.0 cm³/mol. The van der Waals surface area contributed by atoms with Crippen molar-refractivity contribution in [3.05, 3.63) is 59.2 Å². The summed E-state index contributed by atoms with van der Waals surface area (Å²) < 4.78 is 0. The van der Waals surface area contributed by atoms with Crippen molar-refractivity contribution in [1.82, 2.24) is 0 Å². The molecule has 0 aliphatic heterocycles. The molecule has 0 unspecified atom stereocenters. The van der Waals surface area contributed by atoms with Crippen LogP contribution in [-0.2, 0) is 0 Å². The van der Waals surface area contributed by atoms with E-state index in [4.69, 9.17) is 10.5 Å². The van der Waals surface area contributed by atoms with Gasteiger partial charge in [0, 0.05) is 24.0 Å². The van der Waals surface area contributed by atoms with Crippen molar-refractivity contribution in [3.63, 3.8) is 0 Å². The topological polar surface area (TPSA) is 71.0 Å². The van der Waals surface area contributed by atoms with Crippen molar-refractivity contribution in [3.8, 4) is 12.1 Å². The van der Waals surface area contributed by atoms with E-state index in [1.54, 1.807) is 43.3 Å². The maximum absolute atomic E-state index is 9.90. The second-order valence-electron chi connectivity index (χ2n) is 4.78. The number of aliphatic hydroxyl groups is 1. The predicted octanol–water partition coefficient (Wildman–Crippen LogP) is 3.25. The highest BCUT2D eigenvalue weighted by atomic mass is 16.3. The van der Waals surface area contributed by atoms with Crippen LogP contribution in [0.1, 0.15) is 29.7 Å². The number of rotatable bonds is 3. The van der Waals surface area contributed by atoms with Crippen molar-refractivity contribution in [2.75, 3.05) is 11.9 Å². The van der Waals surface area contributed by atoms with Gasteiger partial charge in [-0.1, -0.05) is 12.1 Å². The Bertz CT molecular complexity index is 738. The monoisotopic (exact) mass is 277 g/mol. The molecule has 0 saturated heterocycles. The number of nitrogens with zero attached hydrogens (tertiary/aromatic N) is 3. The summed E-state index contributed by atoms with van der Waals surface area (Å²) in [6.07, 6.45) is -0.644. The van der Waals surface area contributed by atoms with E-state index in [9.17, 15) is 5.11 Å². The van der Waals surface area contributed by atoms with Gasteiger partial charge in [0.15, 0.2) is 0 Å². The molecule has 0 aromatic heterocycles. The molecule has 4 nitrogen and oxygen atoms in total. The molecule has 0 radical (unpaired) electrons. The van der Waals surface area contributed by atoms with Gasteiger partial charge in [-0.05, 0) is 37.3 Å². The van der Waals surface area contributed by atoms with Crippen LogP contribution in [0.2, 0.25) is 0 Å². The van der Waals surface area contributed by atoms with Crippen molar-refractivity contribution in [2.24, 2.45) is 0 Å². The molecule has 21 heavy (non-hydrogen) atoms. The molecule has 0 aliphatic carbocycles. The molecule has 1 N–H and O–H groups in total. The maximum atomic E-state index is 9.90. The summed E-state index contributed by atoms with van der Waals surface area (Å²) in [5, 5.41) is 27.9. The van der Waals surface area contributed by atoms with Crippen LogP contribution in [-0.4, -0.2) is 12.2 Å². The molecular weight excluding hydrogens is 262 g/mol. The Labute approximate surface area is 124 Å². The standard InChI is InChI=1S/C17H15N3O/c1-12(21)16-7-6-14(11-19)9-17(16)20(2)15-5-3-4-13(8-15)10-18/h3-9,12,21H,1-2H3/t12-/m1/s1. The summed E-state index contributed by atoms with van der Waals surface area (Å²) in [5.41, 5.74) is 3.40. The Morgan fingerprint density at radius 3 is 2.33 bits per heavy atom. The Balaban J connectivity index is 2.53. The Kier molecular flexibility index (Phi) is 4.23. The van der Waals surface area contributed by atoms with Gasteiger partial charge in [0.05, 0.1) is 29.4 Å². The van der Waals surface area contributed by atoms with E-state index in [2.05, 4.69) is 12.1 Å². The van der Waals surface area contributed by atoms with Crippen LogP contribution in [0.15, 0.2) is 42.5 Å².